The monoisotopic (exact) mass is 321 g/mol. The molecule has 1 N–H and O–H groups in total. The Balaban J connectivity index is 1.52. The molecule has 122 valence electrons. The van der Waals surface area contributed by atoms with Gasteiger partial charge in [0.05, 0.1) is 19.8 Å². The largest absolute Gasteiger partial charge is 0.497 e. The second-order valence-corrected chi connectivity index (χ2v) is 6.19. The van der Waals surface area contributed by atoms with Gasteiger partial charge in [-0.15, -0.1) is 0 Å². The van der Waals surface area contributed by atoms with E-state index in [1.54, 1.807) is 13.4 Å². The van der Waals surface area contributed by atoms with Crippen molar-refractivity contribution >= 4 is 22.6 Å². The van der Waals surface area contributed by atoms with Crippen LogP contribution in [0, 0.1) is 0 Å². The molecule has 0 fully saturated rings. The molecular formula is C20H19NO3. The van der Waals surface area contributed by atoms with Gasteiger partial charge in [0.15, 0.2) is 0 Å². The first-order valence-electron chi connectivity index (χ1n) is 8.19. The first-order valence-corrected chi connectivity index (χ1v) is 8.19. The summed E-state index contributed by atoms with van der Waals surface area (Å²) in [6, 6.07) is 11.6. The van der Waals surface area contributed by atoms with Crippen LogP contribution in [0.3, 0.4) is 0 Å². The van der Waals surface area contributed by atoms with E-state index in [1.165, 1.54) is 17.5 Å². The van der Waals surface area contributed by atoms with Gasteiger partial charge in [-0.2, -0.15) is 0 Å². The molecule has 0 saturated carbocycles. The second-order valence-electron chi connectivity index (χ2n) is 6.19. The van der Waals surface area contributed by atoms with E-state index in [-0.39, 0.29) is 5.91 Å². The number of carbonyl (C=O) groups is 1. The smallest absolute Gasteiger partial charge is 0.228 e. The SMILES string of the molecule is COc1ccc(NC(=O)Cc2coc3cc4c(cc23)CCC4)cc1. The Morgan fingerprint density at radius 2 is 1.92 bits per heavy atom. The van der Waals surface area contributed by atoms with Gasteiger partial charge in [-0.05, 0) is 66.8 Å². The van der Waals surface area contributed by atoms with E-state index in [4.69, 9.17) is 9.15 Å². The maximum absolute atomic E-state index is 12.3. The average Bonchev–Trinajstić information content (AvgIpc) is 3.20. The van der Waals surface area contributed by atoms with E-state index in [2.05, 4.69) is 17.4 Å². The summed E-state index contributed by atoms with van der Waals surface area (Å²) in [5.74, 6) is 0.714. The average molecular weight is 321 g/mol. The fourth-order valence-corrected chi connectivity index (χ4v) is 3.34. The first kappa shape index (κ1) is 14.8. The molecular weight excluding hydrogens is 302 g/mol. The number of hydrogen-bond acceptors (Lipinski definition) is 3. The van der Waals surface area contributed by atoms with Crippen molar-refractivity contribution in [3.8, 4) is 5.75 Å². The third-order valence-electron chi connectivity index (χ3n) is 4.59. The van der Waals surface area contributed by atoms with E-state index in [1.807, 2.05) is 24.3 Å². The van der Waals surface area contributed by atoms with E-state index in [0.29, 0.717) is 6.42 Å². The third-order valence-corrected chi connectivity index (χ3v) is 4.59. The molecule has 2 aromatic carbocycles. The van der Waals surface area contributed by atoms with Crippen LogP contribution < -0.4 is 10.1 Å². The van der Waals surface area contributed by atoms with Gasteiger partial charge in [-0.1, -0.05) is 0 Å². The number of methoxy groups -OCH3 is 1. The van der Waals surface area contributed by atoms with E-state index in [9.17, 15) is 4.79 Å². The molecule has 0 bridgehead atoms. The lowest BCUT2D eigenvalue weighted by molar-refractivity contribution is -0.115. The lowest BCUT2D eigenvalue weighted by Crippen LogP contribution is -2.14. The predicted molar refractivity (Wildman–Crippen MR) is 93.6 cm³/mol. The van der Waals surface area contributed by atoms with Crippen molar-refractivity contribution in [3.63, 3.8) is 0 Å². The molecule has 4 heteroatoms. The predicted octanol–water partition coefficient (Wildman–Crippen LogP) is 4.11. The van der Waals surface area contributed by atoms with Crippen LogP contribution in [0.1, 0.15) is 23.1 Å². The van der Waals surface area contributed by atoms with Crippen LogP contribution in [-0.4, -0.2) is 13.0 Å². The highest BCUT2D eigenvalue weighted by Gasteiger charge is 2.16. The lowest BCUT2D eigenvalue weighted by Gasteiger charge is -2.06. The summed E-state index contributed by atoms with van der Waals surface area (Å²) >= 11 is 0. The van der Waals surface area contributed by atoms with Crippen molar-refractivity contribution in [2.75, 3.05) is 12.4 Å². The van der Waals surface area contributed by atoms with Crippen LogP contribution in [0.4, 0.5) is 5.69 Å². The highest BCUT2D eigenvalue weighted by Crippen LogP contribution is 2.30. The molecule has 24 heavy (non-hydrogen) atoms. The molecule has 1 aliphatic rings. The molecule has 1 aromatic heterocycles. The van der Waals surface area contributed by atoms with Gasteiger partial charge in [-0.3, -0.25) is 4.79 Å². The Hall–Kier alpha value is -2.75. The molecule has 4 nitrogen and oxygen atoms in total. The number of furan rings is 1. The molecule has 1 aliphatic carbocycles. The third kappa shape index (κ3) is 2.75. The summed E-state index contributed by atoms with van der Waals surface area (Å²) < 4.78 is 10.8. The molecule has 0 radical (unpaired) electrons. The van der Waals surface area contributed by atoms with Gasteiger partial charge in [-0.25, -0.2) is 0 Å². The number of ether oxygens (including phenoxy) is 1. The van der Waals surface area contributed by atoms with Crippen LogP contribution in [0.5, 0.6) is 5.75 Å². The quantitative estimate of drug-likeness (QED) is 0.786. The number of rotatable bonds is 4. The number of benzene rings is 2. The van der Waals surface area contributed by atoms with Crippen molar-refractivity contribution in [2.45, 2.75) is 25.7 Å². The molecule has 3 aromatic rings. The number of anilines is 1. The fourth-order valence-electron chi connectivity index (χ4n) is 3.34. The van der Waals surface area contributed by atoms with Crippen LogP contribution in [0.2, 0.25) is 0 Å². The van der Waals surface area contributed by atoms with Crippen molar-refractivity contribution in [1.82, 2.24) is 0 Å². The number of fused-ring (bicyclic) bond motifs is 2. The Morgan fingerprint density at radius 1 is 1.17 bits per heavy atom. The molecule has 0 unspecified atom stereocenters. The van der Waals surface area contributed by atoms with Crippen molar-refractivity contribution in [2.24, 2.45) is 0 Å². The summed E-state index contributed by atoms with van der Waals surface area (Å²) in [5.41, 5.74) is 5.34. The minimum atomic E-state index is -0.0524. The van der Waals surface area contributed by atoms with E-state index in [0.717, 1.165) is 40.8 Å². The Labute approximate surface area is 140 Å². The first-order chi connectivity index (χ1) is 11.7. The van der Waals surface area contributed by atoms with Gasteiger partial charge in [0, 0.05) is 16.6 Å². The minimum Gasteiger partial charge on any atom is -0.497 e. The van der Waals surface area contributed by atoms with Gasteiger partial charge >= 0.3 is 0 Å². The highest BCUT2D eigenvalue weighted by molar-refractivity contribution is 5.95. The zero-order valence-electron chi connectivity index (χ0n) is 13.6. The molecule has 0 spiro atoms. The Kier molecular flexibility index (Phi) is 3.73. The number of amides is 1. The molecule has 0 saturated heterocycles. The topological polar surface area (TPSA) is 51.5 Å². The summed E-state index contributed by atoms with van der Waals surface area (Å²) in [6.45, 7) is 0. The number of nitrogens with one attached hydrogen (secondary N) is 1. The van der Waals surface area contributed by atoms with Crippen molar-refractivity contribution in [1.29, 1.82) is 0 Å². The Morgan fingerprint density at radius 3 is 2.67 bits per heavy atom. The molecule has 4 rings (SSSR count). The number of hydrogen-bond donors (Lipinski definition) is 1. The second kappa shape index (κ2) is 6.04. The van der Waals surface area contributed by atoms with Gasteiger partial charge < -0.3 is 14.5 Å². The fraction of sp³-hybridized carbons (Fsp3) is 0.250. The molecule has 1 heterocycles. The van der Waals surface area contributed by atoms with Crippen LogP contribution in [0.15, 0.2) is 47.1 Å². The van der Waals surface area contributed by atoms with Crippen LogP contribution in [0.25, 0.3) is 11.0 Å². The normalized spacial score (nSPS) is 13.0. The standard InChI is InChI=1S/C20H19NO3/c1-23-17-7-5-16(6-8-17)21-20(22)11-15-12-24-19-10-14-4-2-3-13(14)9-18(15)19/h5-10,12H,2-4,11H2,1H3,(H,21,22). The Bertz CT molecular complexity index is 893. The highest BCUT2D eigenvalue weighted by atomic mass is 16.5. The van der Waals surface area contributed by atoms with E-state index >= 15 is 0 Å². The zero-order chi connectivity index (χ0) is 16.5. The molecule has 0 aliphatic heterocycles. The van der Waals surface area contributed by atoms with Crippen LogP contribution >= 0.6 is 0 Å². The summed E-state index contributed by atoms with van der Waals surface area (Å²) in [4.78, 5) is 12.3. The summed E-state index contributed by atoms with van der Waals surface area (Å²) in [6.07, 6.45) is 5.45. The zero-order valence-corrected chi connectivity index (χ0v) is 13.6. The number of aryl methyl sites for hydroxylation is 2. The molecule has 1 amide bonds. The van der Waals surface area contributed by atoms with Crippen molar-refractivity contribution < 1.29 is 13.9 Å². The summed E-state index contributed by atoms with van der Waals surface area (Å²) in [7, 11) is 1.62. The number of carbonyl (C=O) groups excluding carboxylic acids is 1. The van der Waals surface area contributed by atoms with Gasteiger partial charge in [0.25, 0.3) is 0 Å². The van der Waals surface area contributed by atoms with Gasteiger partial charge in [0.2, 0.25) is 5.91 Å². The minimum absolute atomic E-state index is 0.0524. The van der Waals surface area contributed by atoms with Crippen LogP contribution in [-0.2, 0) is 24.1 Å². The van der Waals surface area contributed by atoms with Crippen molar-refractivity contribution in [3.05, 3.63) is 59.4 Å². The van der Waals surface area contributed by atoms with E-state index < -0.39 is 0 Å². The molecule has 0 atom stereocenters. The summed E-state index contributed by atoms with van der Waals surface area (Å²) in [5, 5.41) is 3.97. The lowest BCUT2D eigenvalue weighted by atomic mass is 10.0. The van der Waals surface area contributed by atoms with Gasteiger partial charge in [0.1, 0.15) is 11.3 Å². The maximum Gasteiger partial charge on any atom is 0.228 e. The maximum atomic E-state index is 12.3.